The number of hydrogen-bond acceptors (Lipinski definition) is 3. The van der Waals surface area contributed by atoms with Gasteiger partial charge in [0, 0.05) is 52.9 Å². The van der Waals surface area contributed by atoms with Crippen LogP contribution in [0.1, 0.15) is 32.3 Å². The molecule has 1 aliphatic rings. The van der Waals surface area contributed by atoms with Gasteiger partial charge in [-0.15, -0.1) is 0 Å². The Labute approximate surface area is 159 Å². The van der Waals surface area contributed by atoms with Gasteiger partial charge in [-0.05, 0) is 23.9 Å². The number of hydrogen-bond donors (Lipinski definition) is 2. The Morgan fingerprint density at radius 2 is 1.62 bits per heavy atom. The molecule has 0 amide bonds. The molecule has 0 spiro atoms. The van der Waals surface area contributed by atoms with Crippen molar-refractivity contribution in [3.63, 3.8) is 0 Å². The summed E-state index contributed by atoms with van der Waals surface area (Å²) in [5.41, 5.74) is 1.36. The summed E-state index contributed by atoms with van der Waals surface area (Å²) in [6.07, 6.45) is 0. The zero-order valence-corrected chi connectivity index (χ0v) is 17.0. The molecule has 1 aromatic rings. The monoisotopic (exact) mass is 359 g/mol. The summed E-state index contributed by atoms with van der Waals surface area (Å²) in [4.78, 5) is 9.48. The van der Waals surface area contributed by atoms with Crippen molar-refractivity contribution in [2.75, 3.05) is 59.4 Å². The number of guanidine groups is 1. The molecule has 2 atom stereocenters. The third-order valence-corrected chi connectivity index (χ3v) is 5.27. The molecule has 2 N–H and O–H groups in total. The fourth-order valence-electron chi connectivity index (χ4n) is 3.43. The quantitative estimate of drug-likeness (QED) is 0.552. The summed E-state index contributed by atoms with van der Waals surface area (Å²) >= 11 is 0. The van der Waals surface area contributed by atoms with Crippen LogP contribution in [-0.4, -0.2) is 75.2 Å². The summed E-state index contributed by atoms with van der Waals surface area (Å²) in [5.74, 6) is 1.96. The Morgan fingerprint density at radius 1 is 1.00 bits per heavy atom. The van der Waals surface area contributed by atoms with Gasteiger partial charge in [0.2, 0.25) is 0 Å². The van der Waals surface area contributed by atoms with Crippen molar-refractivity contribution in [1.29, 1.82) is 0 Å². The van der Waals surface area contributed by atoms with Crippen molar-refractivity contribution in [2.24, 2.45) is 10.9 Å². The van der Waals surface area contributed by atoms with Crippen LogP contribution < -0.4 is 10.6 Å². The van der Waals surface area contributed by atoms with Gasteiger partial charge in [0.05, 0.1) is 0 Å². The number of nitrogens with zero attached hydrogens (tertiary/aromatic N) is 3. The molecule has 0 aliphatic carbocycles. The molecule has 1 aromatic carbocycles. The van der Waals surface area contributed by atoms with Gasteiger partial charge in [-0.25, -0.2) is 0 Å². The lowest BCUT2D eigenvalue weighted by atomic mass is 10.0. The van der Waals surface area contributed by atoms with Gasteiger partial charge >= 0.3 is 0 Å². The Kier molecular flexibility index (Phi) is 8.92. The summed E-state index contributed by atoms with van der Waals surface area (Å²) < 4.78 is 0. The number of benzene rings is 1. The third kappa shape index (κ3) is 6.96. The Hall–Kier alpha value is -1.59. The molecule has 0 saturated carbocycles. The van der Waals surface area contributed by atoms with Crippen LogP contribution in [0, 0.1) is 5.92 Å². The number of piperazine rings is 1. The molecule has 5 heteroatoms. The van der Waals surface area contributed by atoms with Crippen molar-refractivity contribution in [2.45, 2.75) is 26.7 Å². The summed E-state index contributed by atoms with van der Waals surface area (Å²) in [6.45, 7) is 15.8. The standard InChI is InChI=1S/C21H37N5/c1-5-25-11-13-26(14-12-25)17-18(2)15-23-21(22-4)24-16-19(3)20-9-7-6-8-10-20/h6-10,18-19H,5,11-17H2,1-4H3,(H2,22,23,24). The van der Waals surface area contributed by atoms with Gasteiger partial charge in [0.15, 0.2) is 5.96 Å². The largest absolute Gasteiger partial charge is 0.356 e. The van der Waals surface area contributed by atoms with E-state index in [1.54, 1.807) is 0 Å². The van der Waals surface area contributed by atoms with Crippen molar-refractivity contribution in [3.05, 3.63) is 35.9 Å². The molecular weight excluding hydrogens is 322 g/mol. The zero-order valence-electron chi connectivity index (χ0n) is 17.0. The minimum absolute atomic E-state index is 0.460. The number of nitrogens with one attached hydrogen (secondary N) is 2. The van der Waals surface area contributed by atoms with Crippen LogP contribution in [0.25, 0.3) is 0 Å². The van der Waals surface area contributed by atoms with Crippen LogP contribution in [0.5, 0.6) is 0 Å². The first kappa shape index (κ1) is 20.7. The van der Waals surface area contributed by atoms with E-state index in [-0.39, 0.29) is 0 Å². The van der Waals surface area contributed by atoms with Crippen molar-refractivity contribution >= 4 is 5.96 Å². The Bertz CT molecular complexity index is 522. The summed E-state index contributed by atoms with van der Waals surface area (Å²) in [6, 6.07) is 10.6. The molecule has 0 bridgehead atoms. The highest BCUT2D eigenvalue weighted by molar-refractivity contribution is 5.79. The maximum atomic E-state index is 4.37. The maximum absolute atomic E-state index is 4.37. The van der Waals surface area contributed by atoms with Crippen molar-refractivity contribution < 1.29 is 0 Å². The van der Waals surface area contributed by atoms with E-state index in [1.807, 2.05) is 7.05 Å². The van der Waals surface area contributed by atoms with Gasteiger partial charge in [0.1, 0.15) is 0 Å². The van der Waals surface area contributed by atoms with E-state index in [9.17, 15) is 0 Å². The second-order valence-corrected chi connectivity index (χ2v) is 7.49. The van der Waals surface area contributed by atoms with E-state index in [0.29, 0.717) is 11.8 Å². The molecule has 1 fully saturated rings. The normalized spacial score (nSPS) is 19.2. The van der Waals surface area contributed by atoms with Gasteiger partial charge in [-0.2, -0.15) is 0 Å². The smallest absolute Gasteiger partial charge is 0.191 e. The molecule has 1 heterocycles. The lowest BCUT2D eigenvalue weighted by Crippen LogP contribution is -2.48. The van der Waals surface area contributed by atoms with E-state index in [4.69, 9.17) is 0 Å². The number of likely N-dealkylation sites (N-methyl/N-ethyl adjacent to an activating group) is 1. The van der Waals surface area contributed by atoms with Crippen LogP contribution in [-0.2, 0) is 0 Å². The lowest BCUT2D eigenvalue weighted by molar-refractivity contribution is 0.124. The number of aliphatic imine (C=N–C) groups is 1. The topological polar surface area (TPSA) is 42.9 Å². The molecular formula is C21H37N5. The summed E-state index contributed by atoms with van der Waals surface area (Å²) in [5, 5.41) is 6.95. The van der Waals surface area contributed by atoms with E-state index < -0.39 is 0 Å². The van der Waals surface area contributed by atoms with E-state index in [1.165, 1.54) is 38.3 Å². The van der Waals surface area contributed by atoms with Crippen molar-refractivity contribution in [3.8, 4) is 0 Å². The van der Waals surface area contributed by atoms with Gasteiger partial charge in [0.25, 0.3) is 0 Å². The fourth-order valence-corrected chi connectivity index (χ4v) is 3.43. The summed E-state index contributed by atoms with van der Waals surface area (Å²) in [7, 11) is 1.84. The van der Waals surface area contributed by atoms with E-state index >= 15 is 0 Å². The van der Waals surface area contributed by atoms with Gasteiger partial charge in [-0.3, -0.25) is 4.99 Å². The van der Waals surface area contributed by atoms with Crippen LogP contribution >= 0.6 is 0 Å². The van der Waals surface area contributed by atoms with Crippen LogP contribution in [0.2, 0.25) is 0 Å². The molecule has 0 aromatic heterocycles. The highest BCUT2D eigenvalue weighted by Crippen LogP contribution is 2.12. The van der Waals surface area contributed by atoms with E-state index in [2.05, 4.69) is 76.5 Å². The third-order valence-electron chi connectivity index (χ3n) is 5.27. The SMILES string of the molecule is CCN1CCN(CC(C)CNC(=NC)NCC(C)c2ccccc2)CC1. The fraction of sp³-hybridized carbons (Fsp3) is 0.667. The molecule has 146 valence electrons. The lowest BCUT2D eigenvalue weighted by Gasteiger charge is -2.35. The average molecular weight is 360 g/mol. The minimum atomic E-state index is 0.460. The molecule has 0 radical (unpaired) electrons. The molecule has 5 nitrogen and oxygen atoms in total. The predicted octanol–water partition coefficient (Wildman–Crippen LogP) is 2.23. The Morgan fingerprint density at radius 3 is 2.23 bits per heavy atom. The van der Waals surface area contributed by atoms with Gasteiger partial charge in [-0.1, -0.05) is 51.1 Å². The zero-order chi connectivity index (χ0) is 18.8. The molecule has 1 aliphatic heterocycles. The highest BCUT2D eigenvalue weighted by atomic mass is 15.3. The van der Waals surface area contributed by atoms with Gasteiger partial charge < -0.3 is 20.4 Å². The highest BCUT2D eigenvalue weighted by Gasteiger charge is 2.17. The first-order valence-electron chi connectivity index (χ1n) is 10.1. The minimum Gasteiger partial charge on any atom is -0.356 e. The first-order valence-corrected chi connectivity index (χ1v) is 10.1. The molecule has 2 rings (SSSR count). The maximum Gasteiger partial charge on any atom is 0.191 e. The Balaban J connectivity index is 1.66. The van der Waals surface area contributed by atoms with E-state index in [0.717, 1.165) is 25.6 Å². The second-order valence-electron chi connectivity index (χ2n) is 7.49. The van der Waals surface area contributed by atoms with Crippen LogP contribution in [0.4, 0.5) is 0 Å². The average Bonchev–Trinajstić information content (AvgIpc) is 2.69. The predicted molar refractivity (Wildman–Crippen MR) is 112 cm³/mol. The molecule has 1 saturated heterocycles. The molecule has 26 heavy (non-hydrogen) atoms. The second kappa shape index (κ2) is 11.2. The number of rotatable bonds is 8. The van der Waals surface area contributed by atoms with Crippen molar-refractivity contribution in [1.82, 2.24) is 20.4 Å². The molecule has 2 unspecified atom stereocenters. The van der Waals surface area contributed by atoms with Crippen LogP contribution in [0.15, 0.2) is 35.3 Å². The first-order chi connectivity index (χ1) is 12.6. The van der Waals surface area contributed by atoms with Crippen LogP contribution in [0.3, 0.4) is 0 Å².